The lowest BCUT2D eigenvalue weighted by molar-refractivity contribution is -0.135. The first kappa shape index (κ1) is 14.9. The largest absolute Gasteiger partial charge is 0.338 e. The third-order valence-electron chi connectivity index (χ3n) is 3.27. The van der Waals surface area contributed by atoms with Crippen LogP contribution in [0.15, 0.2) is 6.07 Å². The fraction of sp³-hybridized carbons (Fsp3) is 0.615. The molecule has 110 valence electrons. The summed E-state index contributed by atoms with van der Waals surface area (Å²) in [5, 5.41) is 0. The predicted octanol–water partition coefficient (Wildman–Crippen LogP) is 0.298. The lowest BCUT2D eigenvalue weighted by Gasteiger charge is -2.34. The Labute approximate surface area is 123 Å². The van der Waals surface area contributed by atoms with E-state index in [4.69, 9.17) is 0 Å². The van der Waals surface area contributed by atoms with Gasteiger partial charge in [0.2, 0.25) is 5.91 Å². The topological polar surface area (TPSA) is 56.8 Å². The van der Waals surface area contributed by atoms with Gasteiger partial charge in [-0.2, -0.15) is 4.37 Å². The third-order valence-corrected chi connectivity index (χ3v) is 3.96. The van der Waals surface area contributed by atoms with E-state index in [1.54, 1.807) is 11.0 Å². The SMILES string of the molecule is Cc1cc(C(=O)N2CCN(CCN(C)C)C(=O)C2)ns1. The Morgan fingerprint density at radius 2 is 2.20 bits per heavy atom. The highest BCUT2D eigenvalue weighted by molar-refractivity contribution is 7.05. The van der Waals surface area contributed by atoms with E-state index >= 15 is 0 Å². The van der Waals surface area contributed by atoms with E-state index in [-0.39, 0.29) is 18.4 Å². The van der Waals surface area contributed by atoms with Crippen LogP contribution in [0.3, 0.4) is 0 Å². The molecule has 0 atom stereocenters. The molecule has 1 aromatic rings. The minimum atomic E-state index is -0.144. The fourth-order valence-corrected chi connectivity index (χ4v) is 2.61. The molecule has 0 N–H and O–H groups in total. The summed E-state index contributed by atoms with van der Waals surface area (Å²) in [6.07, 6.45) is 0. The van der Waals surface area contributed by atoms with Crippen LogP contribution in [-0.4, -0.2) is 77.7 Å². The minimum Gasteiger partial charge on any atom is -0.338 e. The lowest BCUT2D eigenvalue weighted by Crippen LogP contribution is -2.53. The monoisotopic (exact) mass is 296 g/mol. The number of hydrogen-bond acceptors (Lipinski definition) is 5. The van der Waals surface area contributed by atoms with Gasteiger partial charge in [-0.1, -0.05) is 0 Å². The molecule has 1 aromatic heterocycles. The molecule has 7 heteroatoms. The number of carbonyl (C=O) groups is 2. The number of aromatic nitrogens is 1. The highest BCUT2D eigenvalue weighted by atomic mass is 32.1. The van der Waals surface area contributed by atoms with Crippen molar-refractivity contribution in [1.82, 2.24) is 19.1 Å². The molecule has 2 rings (SSSR count). The zero-order chi connectivity index (χ0) is 14.7. The van der Waals surface area contributed by atoms with Crippen molar-refractivity contribution in [2.75, 3.05) is 46.8 Å². The van der Waals surface area contributed by atoms with Crippen LogP contribution in [0.1, 0.15) is 15.4 Å². The standard InChI is InChI=1S/C13H20N4O2S/c1-10-8-11(14-20-10)13(19)17-7-6-16(12(18)9-17)5-4-15(2)3/h8H,4-7,9H2,1-3H3. The maximum atomic E-state index is 12.2. The average Bonchev–Trinajstić information content (AvgIpc) is 2.83. The van der Waals surface area contributed by atoms with E-state index in [9.17, 15) is 9.59 Å². The van der Waals surface area contributed by atoms with Crippen LogP contribution >= 0.6 is 11.5 Å². The van der Waals surface area contributed by atoms with Gasteiger partial charge in [0.25, 0.3) is 5.91 Å². The van der Waals surface area contributed by atoms with Crippen LogP contribution in [0.4, 0.5) is 0 Å². The number of rotatable bonds is 4. The molecule has 0 spiro atoms. The summed E-state index contributed by atoms with van der Waals surface area (Å²) in [7, 11) is 3.96. The summed E-state index contributed by atoms with van der Waals surface area (Å²) in [5.41, 5.74) is 0.446. The van der Waals surface area contributed by atoms with Gasteiger partial charge in [-0.15, -0.1) is 0 Å². The first-order chi connectivity index (χ1) is 9.47. The van der Waals surface area contributed by atoms with Gasteiger partial charge >= 0.3 is 0 Å². The van der Waals surface area contributed by atoms with Crippen molar-refractivity contribution in [2.45, 2.75) is 6.92 Å². The second-order valence-electron chi connectivity index (χ2n) is 5.23. The quantitative estimate of drug-likeness (QED) is 0.802. The normalized spacial score (nSPS) is 16.1. The Morgan fingerprint density at radius 1 is 1.45 bits per heavy atom. The number of piperazine rings is 1. The molecule has 1 aliphatic heterocycles. The van der Waals surface area contributed by atoms with Crippen LogP contribution < -0.4 is 0 Å². The molecule has 1 fully saturated rings. The van der Waals surface area contributed by atoms with Gasteiger partial charge in [0.1, 0.15) is 12.2 Å². The molecular formula is C13H20N4O2S. The van der Waals surface area contributed by atoms with Crippen molar-refractivity contribution in [1.29, 1.82) is 0 Å². The summed E-state index contributed by atoms with van der Waals surface area (Å²) < 4.78 is 4.11. The molecule has 1 saturated heterocycles. The van der Waals surface area contributed by atoms with Crippen molar-refractivity contribution in [3.63, 3.8) is 0 Å². The second kappa shape index (κ2) is 6.32. The van der Waals surface area contributed by atoms with Crippen molar-refractivity contribution in [3.05, 3.63) is 16.6 Å². The smallest absolute Gasteiger partial charge is 0.274 e. The number of nitrogens with zero attached hydrogens (tertiary/aromatic N) is 4. The van der Waals surface area contributed by atoms with Crippen LogP contribution in [0, 0.1) is 6.92 Å². The Morgan fingerprint density at radius 3 is 2.75 bits per heavy atom. The molecular weight excluding hydrogens is 276 g/mol. The summed E-state index contributed by atoms with van der Waals surface area (Å²) in [6.45, 7) is 4.80. The Bertz CT molecular complexity index is 500. The number of likely N-dealkylation sites (N-methyl/N-ethyl adjacent to an activating group) is 1. The van der Waals surface area contributed by atoms with E-state index in [1.807, 2.05) is 30.8 Å². The molecule has 0 saturated carbocycles. The summed E-state index contributed by atoms with van der Waals surface area (Å²) in [4.78, 5) is 30.7. The highest BCUT2D eigenvalue weighted by Crippen LogP contribution is 2.12. The van der Waals surface area contributed by atoms with Crippen LogP contribution in [0.5, 0.6) is 0 Å². The van der Waals surface area contributed by atoms with Crippen molar-refractivity contribution in [3.8, 4) is 0 Å². The zero-order valence-corrected chi connectivity index (χ0v) is 12.9. The van der Waals surface area contributed by atoms with E-state index in [2.05, 4.69) is 4.37 Å². The van der Waals surface area contributed by atoms with Crippen molar-refractivity contribution >= 4 is 23.3 Å². The molecule has 20 heavy (non-hydrogen) atoms. The fourth-order valence-electron chi connectivity index (χ4n) is 2.07. The van der Waals surface area contributed by atoms with E-state index < -0.39 is 0 Å². The summed E-state index contributed by atoms with van der Waals surface area (Å²) >= 11 is 1.31. The van der Waals surface area contributed by atoms with Crippen molar-refractivity contribution in [2.24, 2.45) is 0 Å². The van der Waals surface area contributed by atoms with Crippen LogP contribution in [0.25, 0.3) is 0 Å². The number of amides is 2. The molecule has 0 unspecified atom stereocenters. The van der Waals surface area contributed by atoms with Gasteiger partial charge in [-0.05, 0) is 38.6 Å². The first-order valence-electron chi connectivity index (χ1n) is 6.62. The molecule has 0 bridgehead atoms. The molecule has 2 heterocycles. The van der Waals surface area contributed by atoms with Gasteiger partial charge in [-0.3, -0.25) is 9.59 Å². The first-order valence-corrected chi connectivity index (χ1v) is 7.40. The van der Waals surface area contributed by atoms with Crippen LogP contribution in [0.2, 0.25) is 0 Å². The number of carbonyl (C=O) groups excluding carboxylic acids is 2. The van der Waals surface area contributed by atoms with Gasteiger partial charge in [0, 0.05) is 31.1 Å². The Balaban J connectivity index is 1.92. The molecule has 0 aromatic carbocycles. The van der Waals surface area contributed by atoms with Crippen molar-refractivity contribution < 1.29 is 9.59 Å². The highest BCUT2D eigenvalue weighted by Gasteiger charge is 2.28. The lowest BCUT2D eigenvalue weighted by atomic mass is 10.2. The average molecular weight is 296 g/mol. The predicted molar refractivity (Wildman–Crippen MR) is 77.9 cm³/mol. The summed E-state index contributed by atoms with van der Waals surface area (Å²) in [6, 6.07) is 1.77. The number of aryl methyl sites for hydroxylation is 1. The maximum absolute atomic E-state index is 12.2. The molecule has 6 nitrogen and oxygen atoms in total. The number of hydrogen-bond donors (Lipinski definition) is 0. The van der Waals surface area contributed by atoms with Gasteiger partial charge in [0.15, 0.2) is 0 Å². The molecule has 0 radical (unpaired) electrons. The minimum absolute atomic E-state index is 0.0124. The maximum Gasteiger partial charge on any atom is 0.274 e. The molecule has 0 aliphatic carbocycles. The van der Waals surface area contributed by atoms with E-state index in [0.29, 0.717) is 25.3 Å². The molecule has 2 amide bonds. The Kier molecular flexibility index (Phi) is 4.72. The second-order valence-corrected chi connectivity index (χ2v) is 6.24. The summed E-state index contributed by atoms with van der Waals surface area (Å²) in [5.74, 6) is -0.131. The zero-order valence-electron chi connectivity index (χ0n) is 12.1. The third kappa shape index (κ3) is 3.55. The van der Waals surface area contributed by atoms with E-state index in [1.165, 1.54) is 11.5 Å². The Hall–Kier alpha value is -1.47. The van der Waals surface area contributed by atoms with E-state index in [0.717, 1.165) is 11.4 Å². The van der Waals surface area contributed by atoms with Gasteiger partial charge in [0.05, 0.1) is 0 Å². The molecule has 1 aliphatic rings. The van der Waals surface area contributed by atoms with Crippen LogP contribution in [-0.2, 0) is 4.79 Å². The van der Waals surface area contributed by atoms with Gasteiger partial charge in [-0.25, -0.2) is 0 Å². The van der Waals surface area contributed by atoms with Gasteiger partial charge < -0.3 is 14.7 Å².